The molecular weight excluding hydrogens is 250 g/mol. The van der Waals surface area contributed by atoms with E-state index >= 15 is 0 Å². The van der Waals surface area contributed by atoms with Gasteiger partial charge in [0.2, 0.25) is 0 Å². The molecular formula is C13H20ClN3O. The van der Waals surface area contributed by atoms with Gasteiger partial charge in [-0.05, 0) is 23.5 Å². The highest BCUT2D eigenvalue weighted by Crippen LogP contribution is 2.24. The largest absolute Gasteiger partial charge is 0.384 e. The molecule has 1 amide bonds. The van der Waals surface area contributed by atoms with Crippen LogP contribution in [0.25, 0.3) is 0 Å². The number of pyridine rings is 1. The average Bonchev–Trinajstić information content (AvgIpc) is 2.22. The van der Waals surface area contributed by atoms with Gasteiger partial charge in [0.1, 0.15) is 11.0 Å². The number of rotatable bonds is 3. The number of hydrogen-bond acceptors (Lipinski definition) is 3. The summed E-state index contributed by atoms with van der Waals surface area (Å²) < 4.78 is 0. The Balaban J connectivity index is 2.66. The molecule has 0 aliphatic carbocycles. The molecule has 0 spiro atoms. The molecule has 100 valence electrons. The molecule has 1 atom stereocenters. The minimum Gasteiger partial charge on any atom is -0.384 e. The van der Waals surface area contributed by atoms with Gasteiger partial charge >= 0.3 is 0 Å². The Morgan fingerprint density at radius 2 is 2.11 bits per heavy atom. The number of aromatic nitrogens is 1. The lowest BCUT2D eigenvalue weighted by Gasteiger charge is -2.27. The summed E-state index contributed by atoms with van der Waals surface area (Å²) in [7, 11) is 0. The summed E-state index contributed by atoms with van der Waals surface area (Å²) in [4.78, 5) is 15.7. The SMILES string of the molecule is CC(CNC(=O)c1cc(N)nc(Cl)c1)C(C)(C)C. The van der Waals surface area contributed by atoms with E-state index in [1.807, 2.05) is 0 Å². The molecule has 0 aliphatic heterocycles. The fourth-order valence-corrected chi connectivity index (χ4v) is 1.52. The fourth-order valence-electron chi connectivity index (χ4n) is 1.30. The summed E-state index contributed by atoms with van der Waals surface area (Å²) in [6.07, 6.45) is 0. The van der Waals surface area contributed by atoms with Gasteiger partial charge in [0.25, 0.3) is 5.91 Å². The summed E-state index contributed by atoms with van der Waals surface area (Å²) in [5.41, 5.74) is 6.14. The number of carbonyl (C=O) groups excluding carboxylic acids is 1. The smallest absolute Gasteiger partial charge is 0.251 e. The molecule has 0 saturated carbocycles. The van der Waals surface area contributed by atoms with Crippen LogP contribution in [0.15, 0.2) is 12.1 Å². The van der Waals surface area contributed by atoms with Crippen LogP contribution in [0.5, 0.6) is 0 Å². The molecule has 0 saturated heterocycles. The van der Waals surface area contributed by atoms with Crippen LogP contribution in [0.1, 0.15) is 38.1 Å². The van der Waals surface area contributed by atoms with E-state index < -0.39 is 0 Å². The van der Waals surface area contributed by atoms with Crippen molar-refractivity contribution >= 4 is 23.3 Å². The summed E-state index contributed by atoms with van der Waals surface area (Å²) in [5.74, 6) is 0.440. The van der Waals surface area contributed by atoms with E-state index in [4.69, 9.17) is 17.3 Å². The van der Waals surface area contributed by atoms with Gasteiger partial charge in [0.05, 0.1) is 0 Å². The Labute approximate surface area is 113 Å². The van der Waals surface area contributed by atoms with E-state index in [0.717, 1.165) is 0 Å². The number of anilines is 1. The monoisotopic (exact) mass is 269 g/mol. The lowest BCUT2D eigenvalue weighted by molar-refractivity contribution is 0.0937. The zero-order chi connectivity index (χ0) is 13.9. The van der Waals surface area contributed by atoms with Crippen LogP contribution in [-0.2, 0) is 0 Å². The van der Waals surface area contributed by atoms with Crippen LogP contribution >= 0.6 is 11.6 Å². The highest BCUT2D eigenvalue weighted by atomic mass is 35.5. The van der Waals surface area contributed by atoms with E-state index in [1.165, 1.54) is 12.1 Å². The van der Waals surface area contributed by atoms with Crippen molar-refractivity contribution in [3.63, 3.8) is 0 Å². The molecule has 1 aromatic rings. The van der Waals surface area contributed by atoms with Crippen LogP contribution in [-0.4, -0.2) is 17.4 Å². The molecule has 18 heavy (non-hydrogen) atoms. The van der Waals surface area contributed by atoms with Crippen LogP contribution in [0.3, 0.4) is 0 Å². The lowest BCUT2D eigenvalue weighted by Crippen LogP contribution is -2.33. The Morgan fingerprint density at radius 3 is 2.61 bits per heavy atom. The van der Waals surface area contributed by atoms with Gasteiger partial charge in [0.15, 0.2) is 0 Å². The molecule has 0 aliphatic rings. The third-order valence-electron chi connectivity index (χ3n) is 3.12. The molecule has 0 aromatic carbocycles. The molecule has 1 heterocycles. The Hall–Kier alpha value is -1.29. The zero-order valence-corrected chi connectivity index (χ0v) is 12.0. The van der Waals surface area contributed by atoms with Crippen LogP contribution in [0, 0.1) is 11.3 Å². The van der Waals surface area contributed by atoms with Gasteiger partial charge in [-0.1, -0.05) is 39.3 Å². The maximum atomic E-state index is 11.9. The second-order valence-corrected chi connectivity index (χ2v) is 5.97. The Morgan fingerprint density at radius 1 is 1.50 bits per heavy atom. The number of halogens is 1. The topological polar surface area (TPSA) is 68.0 Å². The number of nitrogen functional groups attached to an aromatic ring is 1. The Kier molecular flexibility index (Phi) is 4.57. The predicted molar refractivity (Wildman–Crippen MR) is 74.6 cm³/mol. The van der Waals surface area contributed by atoms with Crippen molar-refractivity contribution in [3.05, 3.63) is 22.8 Å². The van der Waals surface area contributed by atoms with E-state index in [0.29, 0.717) is 18.0 Å². The molecule has 1 aromatic heterocycles. The highest BCUT2D eigenvalue weighted by Gasteiger charge is 2.20. The van der Waals surface area contributed by atoms with Crippen molar-refractivity contribution in [1.29, 1.82) is 0 Å². The molecule has 0 fully saturated rings. The number of amides is 1. The van der Waals surface area contributed by atoms with E-state index in [1.54, 1.807) is 0 Å². The van der Waals surface area contributed by atoms with E-state index in [9.17, 15) is 4.79 Å². The zero-order valence-electron chi connectivity index (χ0n) is 11.2. The maximum Gasteiger partial charge on any atom is 0.251 e. The highest BCUT2D eigenvalue weighted by molar-refractivity contribution is 6.29. The first-order chi connectivity index (χ1) is 8.20. The molecule has 1 unspecified atom stereocenters. The standard InChI is InChI=1S/C13H20ClN3O/c1-8(13(2,3)4)7-16-12(18)9-5-10(14)17-11(15)6-9/h5-6,8H,7H2,1-4H3,(H2,15,17)(H,16,18). The molecule has 4 nitrogen and oxygen atoms in total. The fraction of sp³-hybridized carbons (Fsp3) is 0.538. The maximum absolute atomic E-state index is 11.9. The van der Waals surface area contributed by atoms with Crippen molar-refractivity contribution < 1.29 is 4.79 Å². The minimum absolute atomic E-state index is 0.155. The average molecular weight is 270 g/mol. The van der Waals surface area contributed by atoms with Crippen molar-refractivity contribution in [2.75, 3.05) is 12.3 Å². The summed E-state index contributed by atoms with van der Waals surface area (Å²) >= 11 is 5.76. The molecule has 5 heteroatoms. The predicted octanol–water partition coefficient (Wildman–Crippen LogP) is 2.73. The van der Waals surface area contributed by atoms with Crippen molar-refractivity contribution in [2.24, 2.45) is 11.3 Å². The second-order valence-electron chi connectivity index (χ2n) is 5.58. The third-order valence-corrected chi connectivity index (χ3v) is 3.32. The van der Waals surface area contributed by atoms with Crippen molar-refractivity contribution in [2.45, 2.75) is 27.7 Å². The number of nitrogens with zero attached hydrogens (tertiary/aromatic N) is 1. The van der Waals surface area contributed by atoms with Gasteiger partial charge in [-0.3, -0.25) is 4.79 Å². The van der Waals surface area contributed by atoms with E-state index in [2.05, 4.69) is 38.0 Å². The lowest BCUT2D eigenvalue weighted by atomic mass is 9.82. The number of nitrogens with one attached hydrogen (secondary N) is 1. The Bertz CT molecular complexity index is 420. The number of carbonyl (C=O) groups is 1. The first-order valence-corrected chi connectivity index (χ1v) is 6.29. The summed E-state index contributed by atoms with van der Waals surface area (Å²) in [6.45, 7) is 9.15. The van der Waals surface area contributed by atoms with Gasteiger partial charge in [-0.15, -0.1) is 0 Å². The minimum atomic E-state index is -0.179. The quantitative estimate of drug-likeness (QED) is 0.829. The normalized spacial score (nSPS) is 13.2. The first-order valence-electron chi connectivity index (χ1n) is 5.91. The second kappa shape index (κ2) is 5.57. The van der Waals surface area contributed by atoms with Crippen molar-refractivity contribution in [1.82, 2.24) is 10.3 Å². The van der Waals surface area contributed by atoms with Crippen LogP contribution < -0.4 is 11.1 Å². The van der Waals surface area contributed by atoms with Gasteiger partial charge in [0, 0.05) is 12.1 Å². The number of hydrogen-bond donors (Lipinski definition) is 2. The molecule has 1 rings (SSSR count). The third kappa shape index (κ3) is 4.18. The molecule has 0 bridgehead atoms. The first kappa shape index (κ1) is 14.8. The van der Waals surface area contributed by atoms with Crippen LogP contribution in [0.2, 0.25) is 5.15 Å². The number of nitrogens with two attached hydrogens (primary N) is 1. The molecule has 0 radical (unpaired) electrons. The van der Waals surface area contributed by atoms with Gasteiger partial charge in [-0.25, -0.2) is 4.98 Å². The molecule has 3 N–H and O–H groups in total. The van der Waals surface area contributed by atoms with Crippen molar-refractivity contribution in [3.8, 4) is 0 Å². The summed E-state index contributed by atoms with van der Waals surface area (Å²) in [5, 5.41) is 3.10. The van der Waals surface area contributed by atoms with E-state index in [-0.39, 0.29) is 22.3 Å². The van der Waals surface area contributed by atoms with Gasteiger partial charge < -0.3 is 11.1 Å². The van der Waals surface area contributed by atoms with Crippen LogP contribution in [0.4, 0.5) is 5.82 Å². The van der Waals surface area contributed by atoms with Gasteiger partial charge in [-0.2, -0.15) is 0 Å². The summed E-state index contributed by atoms with van der Waals surface area (Å²) in [6, 6.07) is 3.03.